The minimum Gasteiger partial charge on any atom is -0.374 e. The number of hydrogen-bond donors (Lipinski definition) is 2. The molecule has 3 rings (SSSR count). The van der Waals surface area contributed by atoms with Crippen molar-refractivity contribution in [2.24, 2.45) is 14.1 Å². The molecule has 2 N–H and O–H groups in total. The summed E-state index contributed by atoms with van der Waals surface area (Å²) in [6, 6.07) is 1.21. The van der Waals surface area contributed by atoms with E-state index in [2.05, 4.69) is 30.7 Å². The van der Waals surface area contributed by atoms with E-state index in [1.165, 1.54) is 15.7 Å². The van der Waals surface area contributed by atoms with Gasteiger partial charge in [0.25, 0.3) is 5.56 Å². The fraction of sp³-hybridized carbons (Fsp3) is 0.533. The zero-order valence-electron chi connectivity index (χ0n) is 14.8. The fourth-order valence-corrected chi connectivity index (χ4v) is 2.65. The van der Waals surface area contributed by atoms with Crippen LogP contribution >= 0.6 is 0 Å². The topological polar surface area (TPSA) is 119 Å². The lowest BCUT2D eigenvalue weighted by Gasteiger charge is -2.34. The third-order valence-corrected chi connectivity index (χ3v) is 4.03. The maximum absolute atomic E-state index is 11.8. The van der Waals surface area contributed by atoms with Crippen molar-refractivity contribution in [1.82, 2.24) is 29.9 Å². The molecule has 0 bridgehead atoms. The summed E-state index contributed by atoms with van der Waals surface area (Å²) in [5.41, 5.74) is 0.639. The number of nitrogens with zero attached hydrogens (tertiary/aromatic N) is 6. The Morgan fingerprint density at radius 1 is 1.42 bits per heavy atom. The molecule has 1 aliphatic rings. The van der Waals surface area contributed by atoms with E-state index in [0.29, 0.717) is 32.7 Å². The lowest BCUT2D eigenvalue weighted by molar-refractivity contribution is 0.0359. The zero-order valence-corrected chi connectivity index (χ0v) is 14.8. The van der Waals surface area contributed by atoms with E-state index >= 15 is 0 Å². The first-order valence-corrected chi connectivity index (χ1v) is 8.31. The monoisotopic (exact) mass is 362 g/mol. The summed E-state index contributed by atoms with van der Waals surface area (Å²) in [4.78, 5) is 29.5. The maximum atomic E-state index is 11.8. The summed E-state index contributed by atoms with van der Waals surface area (Å²) in [6.45, 7) is 2.35. The highest BCUT2D eigenvalue weighted by molar-refractivity contribution is 5.87. The van der Waals surface area contributed by atoms with Gasteiger partial charge in [-0.05, 0) is 6.42 Å². The molecule has 2 aromatic rings. The van der Waals surface area contributed by atoms with Gasteiger partial charge in [-0.2, -0.15) is 5.10 Å². The van der Waals surface area contributed by atoms with E-state index in [4.69, 9.17) is 4.74 Å². The van der Waals surface area contributed by atoms with Crippen LogP contribution < -0.4 is 21.1 Å². The first-order valence-electron chi connectivity index (χ1n) is 8.31. The van der Waals surface area contributed by atoms with Crippen LogP contribution in [0.1, 0.15) is 6.42 Å². The first kappa shape index (κ1) is 17.9. The largest absolute Gasteiger partial charge is 0.374 e. The number of morpholine rings is 1. The molecule has 0 saturated carbocycles. The number of aromatic nitrogens is 5. The van der Waals surface area contributed by atoms with Crippen LogP contribution in [-0.4, -0.2) is 62.9 Å². The highest BCUT2D eigenvalue weighted by Crippen LogP contribution is 2.16. The van der Waals surface area contributed by atoms with Gasteiger partial charge in [0.15, 0.2) is 0 Å². The van der Waals surface area contributed by atoms with Crippen LogP contribution in [0.15, 0.2) is 23.4 Å². The van der Waals surface area contributed by atoms with Gasteiger partial charge in [0.05, 0.1) is 24.6 Å². The molecule has 0 aromatic carbocycles. The molecule has 1 aliphatic heterocycles. The van der Waals surface area contributed by atoms with E-state index in [1.54, 1.807) is 26.4 Å². The number of amides is 2. The van der Waals surface area contributed by atoms with Crippen LogP contribution in [-0.2, 0) is 18.8 Å². The van der Waals surface area contributed by atoms with E-state index < -0.39 is 0 Å². The molecule has 2 amide bonds. The van der Waals surface area contributed by atoms with Crippen molar-refractivity contribution >= 4 is 17.7 Å². The van der Waals surface area contributed by atoms with Crippen molar-refractivity contribution < 1.29 is 9.53 Å². The van der Waals surface area contributed by atoms with Crippen molar-refractivity contribution in [2.45, 2.75) is 12.5 Å². The van der Waals surface area contributed by atoms with E-state index in [9.17, 15) is 9.59 Å². The highest BCUT2D eigenvalue weighted by atomic mass is 16.5. The molecule has 2 aromatic heterocycles. The molecule has 1 unspecified atom stereocenters. The number of urea groups is 1. The van der Waals surface area contributed by atoms with E-state index in [0.717, 1.165) is 5.69 Å². The normalized spacial score (nSPS) is 17.2. The summed E-state index contributed by atoms with van der Waals surface area (Å²) < 4.78 is 8.54. The van der Waals surface area contributed by atoms with Crippen LogP contribution in [0, 0.1) is 0 Å². The van der Waals surface area contributed by atoms with Gasteiger partial charge in [0.2, 0.25) is 5.95 Å². The molecule has 0 aliphatic carbocycles. The maximum Gasteiger partial charge on any atom is 0.321 e. The molecule has 11 heteroatoms. The van der Waals surface area contributed by atoms with Gasteiger partial charge in [0, 0.05) is 39.8 Å². The third kappa shape index (κ3) is 4.57. The molecule has 1 fully saturated rings. The number of ether oxygens (including phenoxy) is 1. The lowest BCUT2D eigenvalue weighted by atomic mass is 10.2. The minimum absolute atomic E-state index is 0.0407. The molecule has 11 nitrogen and oxygen atoms in total. The molecule has 1 atom stereocenters. The second-order valence-electron chi connectivity index (χ2n) is 6.03. The summed E-state index contributed by atoms with van der Waals surface area (Å²) >= 11 is 0. The van der Waals surface area contributed by atoms with Crippen molar-refractivity contribution in [3.8, 4) is 0 Å². The summed E-state index contributed by atoms with van der Waals surface area (Å²) in [5.74, 6) is 0.253. The summed E-state index contributed by atoms with van der Waals surface area (Å²) in [6.07, 6.45) is 3.79. The smallest absolute Gasteiger partial charge is 0.321 e. The summed E-state index contributed by atoms with van der Waals surface area (Å²) in [7, 11) is 3.34. The Morgan fingerprint density at radius 3 is 3.00 bits per heavy atom. The van der Waals surface area contributed by atoms with Crippen molar-refractivity contribution in [3.05, 3.63) is 28.9 Å². The van der Waals surface area contributed by atoms with E-state index in [-0.39, 0.29) is 23.6 Å². The Bertz CT molecular complexity index is 817. The number of carbonyl (C=O) groups is 1. The quantitative estimate of drug-likeness (QED) is 0.724. The predicted molar refractivity (Wildman–Crippen MR) is 94.1 cm³/mol. The Hall–Kier alpha value is -2.95. The number of rotatable bonds is 5. The minimum atomic E-state index is -0.361. The van der Waals surface area contributed by atoms with Gasteiger partial charge in [-0.1, -0.05) is 0 Å². The SMILES string of the molecule is Cn1cnc(NC(=O)NCCC2CN(c3cnn(C)c(=O)c3)CCO2)n1. The predicted octanol–water partition coefficient (Wildman–Crippen LogP) is -0.674. The van der Waals surface area contributed by atoms with Gasteiger partial charge in [-0.25, -0.2) is 14.5 Å². The lowest BCUT2D eigenvalue weighted by Crippen LogP contribution is -2.44. The Morgan fingerprint density at radius 2 is 2.27 bits per heavy atom. The molecular formula is C15H22N8O3. The second-order valence-corrected chi connectivity index (χ2v) is 6.03. The highest BCUT2D eigenvalue weighted by Gasteiger charge is 2.21. The molecule has 0 radical (unpaired) electrons. The summed E-state index contributed by atoms with van der Waals surface area (Å²) in [5, 5.41) is 13.3. The van der Waals surface area contributed by atoms with Crippen molar-refractivity contribution in [1.29, 1.82) is 0 Å². The average Bonchev–Trinajstić information content (AvgIpc) is 3.02. The van der Waals surface area contributed by atoms with Crippen LogP contribution in [0.25, 0.3) is 0 Å². The van der Waals surface area contributed by atoms with Gasteiger partial charge in [-0.15, -0.1) is 5.10 Å². The van der Waals surface area contributed by atoms with Crippen LogP contribution in [0.3, 0.4) is 0 Å². The van der Waals surface area contributed by atoms with Crippen LogP contribution in [0.5, 0.6) is 0 Å². The molecule has 0 spiro atoms. The van der Waals surface area contributed by atoms with Gasteiger partial charge >= 0.3 is 6.03 Å². The van der Waals surface area contributed by atoms with Crippen molar-refractivity contribution in [3.63, 3.8) is 0 Å². The number of carbonyl (C=O) groups excluding carboxylic acids is 1. The molecule has 1 saturated heterocycles. The first-order chi connectivity index (χ1) is 12.5. The Labute approximate surface area is 150 Å². The van der Waals surface area contributed by atoms with E-state index in [1.807, 2.05) is 0 Å². The number of hydrogen-bond acceptors (Lipinski definition) is 7. The van der Waals surface area contributed by atoms with Crippen LogP contribution in [0.4, 0.5) is 16.4 Å². The van der Waals surface area contributed by atoms with Crippen LogP contribution in [0.2, 0.25) is 0 Å². The number of anilines is 2. The number of nitrogens with one attached hydrogen (secondary N) is 2. The van der Waals surface area contributed by atoms with Gasteiger partial charge < -0.3 is 15.0 Å². The standard InChI is InChI=1S/C15H22N8O3/c1-21-10-17-14(20-21)19-15(25)16-4-3-12-9-23(5-6-26-12)11-7-13(24)22(2)18-8-11/h7-8,10,12H,3-6,9H2,1-2H3,(H2,16,19,20,25). The molecule has 26 heavy (non-hydrogen) atoms. The Balaban J connectivity index is 1.45. The number of aryl methyl sites for hydroxylation is 2. The van der Waals surface area contributed by atoms with Crippen molar-refractivity contribution in [2.75, 3.05) is 36.5 Å². The Kier molecular flexibility index (Phi) is 5.46. The zero-order chi connectivity index (χ0) is 18.5. The molecule has 3 heterocycles. The fourth-order valence-electron chi connectivity index (χ4n) is 2.65. The molecular weight excluding hydrogens is 340 g/mol. The second kappa shape index (κ2) is 7.95. The average molecular weight is 362 g/mol. The third-order valence-electron chi connectivity index (χ3n) is 4.03. The van der Waals surface area contributed by atoms with Gasteiger partial charge in [0.1, 0.15) is 6.33 Å². The van der Waals surface area contributed by atoms with Gasteiger partial charge in [-0.3, -0.25) is 14.8 Å². The molecule has 140 valence electrons.